The van der Waals surface area contributed by atoms with Crippen molar-refractivity contribution in [3.05, 3.63) is 63.3 Å². The third kappa shape index (κ3) is 3.73. The number of hydrogen-bond donors (Lipinski definition) is 0. The molecule has 0 atom stereocenters. The molecule has 2 rings (SSSR count). The second kappa shape index (κ2) is 5.89. The van der Waals surface area contributed by atoms with E-state index in [1.807, 2.05) is 24.3 Å². The second-order valence-corrected chi connectivity index (χ2v) is 5.82. The summed E-state index contributed by atoms with van der Waals surface area (Å²) in [5, 5.41) is 0.430. The van der Waals surface area contributed by atoms with Crippen molar-refractivity contribution in [1.82, 2.24) is 0 Å². The van der Waals surface area contributed by atoms with E-state index >= 15 is 0 Å². The number of rotatable bonds is 3. The SMILES string of the molecule is Fc1cc(Cl)cc(SCc2ccccc2Br)c1. The molecule has 17 heavy (non-hydrogen) atoms. The predicted molar refractivity (Wildman–Crippen MR) is 75.1 cm³/mol. The maximum atomic E-state index is 13.1. The first kappa shape index (κ1) is 12.9. The molecular weight excluding hydrogens is 323 g/mol. The van der Waals surface area contributed by atoms with Crippen LogP contribution in [0.25, 0.3) is 0 Å². The molecule has 0 amide bonds. The average Bonchev–Trinajstić information content (AvgIpc) is 2.27. The Morgan fingerprint density at radius 3 is 2.65 bits per heavy atom. The van der Waals surface area contributed by atoms with Crippen molar-refractivity contribution in [3.63, 3.8) is 0 Å². The standard InChI is InChI=1S/C13H9BrClFS/c14-13-4-2-1-3-9(13)8-17-12-6-10(15)5-11(16)7-12/h1-7H,8H2. The Labute approximate surface area is 117 Å². The Balaban J connectivity index is 2.10. The van der Waals surface area contributed by atoms with Crippen molar-refractivity contribution in [2.75, 3.05) is 0 Å². The average molecular weight is 332 g/mol. The van der Waals surface area contributed by atoms with Crippen LogP contribution in [0.5, 0.6) is 0 Å². The van der Waals surface area contributed by atoms with Gasteiger partial charge in [-0.25, -0.2) is 4.39 Å². The molecule has 0 spiro atoms. The molecule has 88 valence electrons. The maximum absolute atomic E-state index is 13.1. The highest BCUT2D eigenvalue weighted by Gasteiger charge is 2.03. The minimum absolute atomic E-state index is 0.299. The van der Waals surface area contributed by atoms with Crippen LogP contribution in [-0.2, 0) is 5.75 Å². The molecule has 2 aromatic carbocycles. The van der Waals surface area contributed by atoms with Crippen molar-refractivity contribution in [3.8, 4) is 0 Å². The van der Waals surface area contributed by atoms with Gasteiger partial charge >= 0.3 is 0 Å². The zero-order chi connectivity index (χ0) is 12.3. The van der Waals surface area contributed by atoms with E-state index in [1.165, 1.54) is 17.7 Å². The first-order valence-corrected chi connectivity index (χ1v) is 7.13. The molecule has 0 fully saturated rings. The quantitative estimate of drug-likeness (QED) is 0.666. The Morgan fingerprint density at radius 2 is 1.94 bits per heavy atom. The van der Waals surface area contributed by atoms with E-state index < -0.39 is 0 Å². The van der Waals surface area contributed by atoms with Crippen LogP contribution in [0.3, 0.4) is 0 Å². The Morgan fingerprint density at radius 1 is 1.18 bits per heavy atom. The van der Waals surface area contributed by atoms with E-state index in [-0.39, 0.29) is 5.82 Å². The van der Waals surface area contributed by atoms with Crippen LogP contribution in [0, 0.1) is 5.82 Å². The van der Waals surface area contributed by atoms with Crippen LogP contribution >= 0.6 is 39.3 Å². The minimum Gasteiger partial charge on any atom is -0.207 e. The van der Waals surface area contributed by atoms with Gasteiger partial charge in [0.1, 0.15) is 5.82 Å². The molecule has 0 saturated heterocycles. The molecule has 0 aromatic heterocycles. The first-order valence-electron chi connectivity index (χ1n) is 4.97. The van der Waals surface area contributed by atoms with Crippen molar-refractivity contribution >= 4 is 39.3 Å². The zero-order valence-corrected chi connectivity index (χ0v) is 11.9. The van der Waals surface area contributed by atoms with Gasteiger partial charge in [-0.1, -0.05) is 45.7 Å². The Hall–Kier alpha value is -0.510. The van der Waals surface area contributed by atoms with Crippen molar-refractivity contribution in [2.45, 2.75) is 10.6 Å². The summed E-state index contributed by atoms with van der Waals surface area (Å²) in [4.78, 5) is 0.839. The van der Waals surface area contributed by atoms with Crippen LogP contribution in [0.2, 0.25) is 5.02 Å². The topological polar surface area (TPSA) is 0 Å². The van der Waals surface area contributed by atoms with Crippen molar-refractivity contribution in [2.24, 2.45) is 0 Å². The monoisotopic (exact) mass is 330 g/mol. The summed E-state index contributed by atoms with van der Waals surface area (Å²) in [7, 11) is 0. The fourth-order valence-electron chi connectivity index (χ4n) is 1.39. The van der Waals surface area contributed by atoms with Crippen molar-refractivity contribution in [1.29, 1.82) is 0 Å². The lowest BCUT2D eigenvalue weighted by molar-refractivity contribution is 0.624. The lowest BCUT2D eigenvalue weighted by Gasteiger charge is -2.05. The molecule has 0 unspecified atom stereocenters. The molecule has 0 radical (unpaired) electrons. The van der Waals surface area contributed by atoms with Gasteiger partial charge in [0.05, 0.1) is 0 Å². The molecule has 0 nitrogen and oxygen atoms in total. The third-order valence-corrected chi connectivity index (χ3v) is 4.20. The normalized spacial score (nSPS) is 10.5. The minimum atomic E-state index is -0.299. The molecule has 0 aliphatic heterocycles. The van der Waals surface area contributed by atoms with Gasteiger partial charge in [0.15, 0.2) is 0 Å². The van der Waals surface area contributed by atoms with Gasteiger partial charge in [0, 0.05) is 20.1 Å². The lowest BCUT2D eigenvalue weighted by atomic mass is 10.2. The van der Waals surface area contributed by atoms with E-state index in [4.69, 9.17) is 11.6 Å². The molecule has 0 heterocycles. The number of hydrogen-bond acceptors (Lipinski definition) is 1. The van der Waals surface area contributed by atoms with E-state index in [0.717, 1.165) is 15.1 Å². The summed E-state index contributed by atoms with van der Waals surface area (Å²) >= 11 is 10.8. The van der Waals surface area contributed by atoms with Crippen molar-refractivity contribution < 1.29 is 4.39 Å². The van der Waals surface area contributed by atoms with Gasteiger partial charge in [0.2, 0.25) is 0 Å². The van der Waals surface area contributed by atoms with Crippen LogP contribution < -0.4 is 0 Å². The first-order chi connectivity index (χ1) is 8.15. The fourth-order valence-corrected chi connectivity index (χ4v) is 3.27. The summed E-state index contributed by atoms with van der Waals surface area (Å²) in [5.41, 5.74) is 1.18. The van der Waals surface area contributed by atoms with Crippen LogP contribution in [0.15, 0.2) is 51.8 Å². The molecule has 0 N–H and O–H groups in total. The molecule has 2 aromatic rings. The summed E-state index contributed by atoms with van der Waals surface area (Å²) in [6.45, 7) is 0. The predicted octanol–water partition coefficient (Wildman–Crippen LogP) is 5.53. The highest BCUT2D eigenvalue weighted by atomic mass is 79.9. The summed E-state index contributed by atoms with van der Waals surface area (Å²) in [6, 6.07) is 12.6. The molecule has 0 bridgehead atoms. The summed E-state index contributed by atoms with van der Waals surface area (Å²) in [5.74, 6) is 0.480. The number of benzene rings is 2. The summed E-state index contributed by atoms with van der Waals surface area (Å²) < 4.78 is 14.2. The van der Waals surface area contributed by atoms with Gasteiger partial charge in [-0.3, -0.25) is 0 Å². The van der Waals surface area contributed by atoms with E-state index in [1.54, 1.807) is 17.8 Å². The van der Waals surface area contributed by atoms with E-state index in [2.05, 4.69) is 15.9 Å². The number of halogens is 3. The van der Waals surface area contributed by atoms with Gasteiger partial charge in [-0.15, -0.1) is 11.8 Å². The molecule has 4 heteroatoms. The molecule has 0 aliphatic carbocycles. The maximum Gasteiger partial charge on any atom is 0.125 e. The van der Waals surface area contributed by atoms with Gasteiger partial charge < -0.3 is 0 Å². The van der Waals surface area contributed by atoms with Gasteiger partial charge in [0.25, 0.3) is 0 Å². The highest BCUT2D eigenvalue weighted by molar-refractivity contribution is 9.10. The zero-order valence-electron chi connectivity index (χ0n) is 8.79. The van der Waals surface area contributed by atoms with Gasteiger partial charge in [-0.2, -0.15) is 0 Å². The fraction of sp³-hybridized carbons (Fsp3) is 0.0769. The number of thioether (sulfide) groups is 1. The van der Waals surface area contributed by atoms with Gasteiger partial charge in [-0.05, 0) is 29.8 Å². The largest absolute Gasteiger partial charge is 0.207 e. The van der Waals surface area contributed by atoms with E-state index in [9.17, 15) is 4.39 Å². The molecular formula is C13H9BrClFS. The Kier molecular flexibility index (Phi) is 4.48. The van der Waals surface area contributed by atoms with E-state index in [0.29, 0.717) is 5.02 Å². The molecule has 0 saturated carbocycles. The molecule has 0 aliphatic rings. The van der Waals surface area contributed by atoms with Crippen LogP contribution in [0.1, 0.15) is 5.56 Å². The van der Waals surface area contributed by atoms with Crippen LogP contribution in [0.4, 0.5) is 4.39 Å². The third-order valence-electron chi connectivity index (χ3n) is 2.19. The highest BCUT2D eigenvalue weighted by Crippen LogP contribution is 2.29. The lowest BCUT2D eigenvalue weighted by Crippen LogP contribution is -1.83. The smallest absolute Gasteiger partial charge is 0.125 e. The second-order valence-electron chi connectivity index (χ2n) is 3.49. The summed E-state index contributed by atoms with van der Waals surface area (Å²) in [6.07, 6.45) is 0. The Bertz CT molecular complexity index is 510. The van der Waals surface area contributed by atoms with Crippen LogP contribution in [-0.4, -0.2) is 0 Å².